The fourth-order valence-corrected chi connectivity index (χ4v) is 5.23. The highest BCUT2D eigenvalue weighted by Gasteiger charge is 2.35. The van der Waals surface area contributed by atoms with Gasteiger partial charge < -0.3 is 9.47 Å². The van der Waals surface area contributed by atoms with Crippen LogP contribution in [0, 0.1) is 0 Å². The summed E-state index contributed by atoms with van der Waals surface area (Å²) in [6.45, 7) is 5.09. The van der Waals surface area contributed by atoms with Gasteiger partial charge in [-0.15, -0.1) is 16.8 Å². The highest BCUT2D eigenvalue weighted by Crippen LogP contribution is 2.35. The summed E-state index contributed by atoms with van der Waals surface area (Å²) in [5.41, 5.74) is 1.54. The van der Waals surface area contributed by atoms with E-state index < -0.39 is 0 Å². The van der Waals surface area contributed by atoms with Crippen LogP contribution in [0.2, 0.25) is 15.1 Å². The second-order valence-corrected chi connectivity index (χ2v) is 9.58. The number of halogens is 3. The number of thioether (sulfide) groups is 1. The van der Waals surface area contributed by atoms with Crippen LogP contribution in [0.1, 0.15) is 40.6 Å². The molecule has 3 aromatic rings. The van der Waals surface area contributed by atoms with Gasteiger partial charge in [-0.1, -0.05) is 70.8 Å². The third kappa shape index (κ3) is 4.84. The first-order valence-corrected chi connectivity index (χ1v) is 12.3. The summed E-state index contributed by atoms with van der Waals surface area (Å²) in [6, 6.07) is 12.6. The van der Waals surface area contributed by atoms with E-state index in [4.69, 9.17) is 34.8 Å². The molecule has 1 unspecified atom stereocenters. The van der Waals surface area contributed by atoms with E-state index in [1.807, 2.05) is 39.8 Å². The molecule has 0 radical (unpaired) electrons. The minimum Gasteiger partial charge on any atom is -0.328 e. The molecule has 0 spiro atoms. The minimum absolute atomic E-state index is 0.0868. The van der Waals surface area contributed by atoms with Crippen molar-refractivity contribution in [3.63, 3.8) is 0 Å². The molecule has 1 atom stereocenters. The summed E-state index contributed by atoms with van der Waals surface area (Å²) < 4.78 is 2.03. The number of nitrogens with zero attached hydrogens (tertiary/aromatic N) is 4. The van der Waals surface area contributed by atoms with Crippen LogP contribution in [0.25, 0.3) is 0 Å². The maximum absolute atomic E-state index is 13.2. The molecule has 1 fully saturated rings. The molecule has 2 heterocycles. The SMILES string of the molecule is C=CCn1c(SCc2ccc(Cl)c(Cl)c2)nnc1C1CCCN1C(=O)c1ccccc1Cl. The zero-order chi connectivity index (χ0) is 22.7. The van der Waals surface area contributed by atoms with E-state index in [0.29, 0.717) is 39.5 Å². The van der Waals surface area contributed by atoms with Gasteiger partial charge in [0.25, 0.3) is 5.91 Å². The van der Waals surface area contributed by atoms with Gasteiger partial charge in [-0.3, -0.25) is 4.79 Å². The zero-order valence-corrected chi connectivity index (χ0v) is 20.3. The Hall–Kier alpha value is -1.99. The van der Waals surface area contributed by atoms with Crippen LogP contribution in [0.15, 0.2) is 60.3 Å². The fourth-order valence-electron chi connectivity index (χ4n) is 3.80. The average molecular weight is 508 g/mol. The van der Waals surface area contributed by atoms with Crippen LogP contribution < -0.4 is 0 Å². The second-order valence-electron chi connectivity index (χ2n) is 7.41. The summed E-state index contributed by atoms with van der Waals surface area (Å²) in [4.78, 5) is 15.1. The van der Waals surface area contributed by atoms with Crippen molar-refractivity contribution in [1.29, 1.82) is 0 Å². The summed E-state index contributed by atoms with van der Waals surface area (Å²) in [6.07, 6.45) is 3.53. The maximum atomic E-state index is 13.2. The predicted octanol–water partition coefficient (Wildman–Crippen LogP) is 6.69. The van der Waals surface area contributed by atoms with Crippen molar-refractivity contribution < 1.29 is 4.79 Å². The number of aromatic nitrogens is 3. The first-order valence-electron chi connectivity index (χ1n) is 10.2. The number of rotatable bonds is 7. The van der Waals surface area contributed by atoms with Crippen LogP contribution >= 0.6 is 46.6 Å². The molecule has 1 amide bonds. The fraction of sp³-hybridized carbons (Fsp3) is 0.261. The van der Waals surface area contributed by atoms with E-state index >= 15 is 0 Å². The second kappa shape index (κ2) is 10.3. The van der Waals surface area contributed by atoms with E-state index in [0.717, 1.165) is 29.4 Å². The van der Waals surface area contributed by atoms with Gasteiger partial charge in [0.05, 0.1) is 26.7 Å². The van der Waals surface area contributed by atoms with Gasteiger partial charge in [-0.25, -0.2) is 0 Å². The molecule has 4 rings (SSSR count). The van der Waals surface area contributed by atoms with Gasteiger partial charge in [-0.2, -0.15) is 0 Å². The van der Waals surface area contributed by atoms with E-state index in [2.05, 4.69) is 16.8 Å². The Labute approximate surface area is 206 Å². The molecule has 1 aromatic heterocycles. The van der Waals surface area contributed by atoms with Crippen molar-refractivity contribution in [2.75, 3.05) is 6.54 Å². The summed E-state index contributed by atoms with van der Waals surface area (Å²) in [5.74, 6) is 1.34. The Morgan fingerprint density at radius 3 is 2.69 bits per heavy atom. The number of likely N-dealkylation sites (tertiary alicyclic amines) is 1. The van der Waals surface area contributed by atoms with Gasteiger partial charge in [0.2, 0.25) is 0 Å². The Bertz CT molecular complexity index is 1150. The van der Waals surface area contributed by atoms with Gasteiger partial charge in [-0.05, 0) is 42.7 Å². The van der Waals surface area contributed by atoms with Gasteiger partial charge in [0.1, 0.15) is 0 Å². The lowest BCUT2D eigenvalue weighted by Gasteiger charge is -2.25. The number of carbonyl (C=O) groups is 1. The number of hydrogen-bond donors (Lipinski definition) is 0. The zero-order valence-electron chi connectivity index (χ0n) is 17.2. The van der Waals surface area contributed by atoms with E-state index in [1.165, 1.54) is 0 Å². The van der Waals surface area contributed by atoms with Crippen molar-refractivity contribution in [3.05, 3.63) is 87.1 Å². The normalized spacial score (nSPS) is 15.8. The molecule has 9 heteroatoms. The van der Waals surface area contributed by atoms with Crippen molar-refractivity contribution in [2.45, 2.75) is 36.3 Å². The minimum atomic E-state index is -0.162. The quantitative estimate of drug-likeness (QED) is 0.264. The van der Waals surface area contributed by atoms with Crippen molar-refractivity contribution in [1.82, 2.24) is 19.7 Å². The van der Waals surface area contributed by atoms with Gasteiger partial charge >= 0.3 is 0 Å². The average Bonchev–Trinajstić information content (AvgIpc) is 3.42. The van der Waals surface area contributed by atoms with E-state index in [1.54, 1.807) is 30.0 Å². The van der Waals surface area contributed by atoms with E-state index in [-0.39, 0.29) is 11.9 Å². The van der Waals surface area contributed by atoms with Crippen LogP contribution in [-0.2, 0) is 12.3 Å². The number of benzene rings is 2. The van der Waals surface area contributed by atoms with Crippen LogP contribution in [0.4, 0.5) is 0 Å². The molecule has 5 nitrogen and oxygen atoms in total. The summed E-state index contributed by atoms with van der Waals surface area (Å²) >= 11 is 20.0. The molecule has 1 aliphatic rings. The van der Waals surface area contributed by atoms with Crippen LogP contribution in [-0.4, -0.2) is 32.1 Å². The molecule has 2 aromatic carbocycles. The lowest BCUT2D eigenvalue weighted by molar-refractivity contribution is 0.0727. The molecule has 1 aliphatic heterocycles. The predicted molar refractivity (Wildman–Crippen MR) is 131 cm³/mol. The third-order valence-corrected chi connectivity index (χ3v) is 7.43. The number of allylic oxidation sites excluding steroid dienone is 1. The largest absolute Gasteiger partial charge is 0.328 e. The Balaban J connectivity index is 1.58. The molecule has 1 saturated heterocycles. The number of amides is 1. The Morgan fingerprint density at radius 1 is 1.12 bits per heavy atom. The lowest BCUT2D eigenvalue weighted by atomic mass is 10.1. The number of carbonyl (C=O) groups excluding carboxylic acids is 1. The monoisotopic (exact) mass is 506 g/mol. The first kappa shape index (κ1) is 23.2. The third-order valence-electron chi connectivity index (χ3n) is 5.33. The smallest absolute Gasteiger partial charge is 0.255 e. The maximum Gasteiger partial charge on any atom is 0.255 e. The molecule has 0 bridgehead atoms. The molecule has 0 saturated carbocycles. The van der Waals surface area contributed by atoms with E-state index in [9.17, 15) is 4.79 Å². The standard InChI is InChI=1S/C23H21Cl3N4OS/c1-2-11-30-21(27-28-23(30)32-14-15-9-10-18(25)19(26)13-15)20-8-5-12-29(20)22(31)16-6-3-4-7-17(16)24/h2-4,6-7,9-10,13,20H,1,5,8,11-12,14H2. The molecular formula is C23H21Cl3N4OS. The topological polar surface area (TPSA) is 51.0 Å². The lowest BCUT2D eigenvalue weighted by Crippen LogP contribution is -2.32. The van der Waals surface area contributed by atoms with Crippen LogP contribution in [0.5, 0.6) is 0 Å². The van der Waals surface area contributed by atoms with Crippen molar-refractivity contribution >= 4 is 52.5 Å². The molecule has 166 valence electrons. The highest BCUT2D eigenvalue weighted by atomic mass is 35.5. The highest BCUT2D eigenvalue weighted by molar-refractivity contribution is 7.98. The Kier molecular flexibility index (Phi) is 7.46. The van der Waals surface area contributed by atoms with Gasteiger partial charge in [0, 0.05) is 18.8 Å². The van der Waals surface area contributed by atoms with Crippen molar-refractivity contribution in [2.24, 2.45) is 0 Å². The van der Waals surface area contributed by atoms with Crippen LogP contribution in [0.3, 0.4) is 0 Å². The summed E-state index contributed by atoms with van der Waals surface area (Å²) in [5, 5.41) is 11.2. The Morgan fingerprint density at radius 2 is 1.94 bits per heavy atom. The molecule has 0 aliphatic carbocycles. The number of hydrogen-bond acceptors (Lipinski definition) is 4. The first-order chi connectivity index (χ1) is 15.5. The molecule has 32 heavy (non-hydrogen) atoms. The molecule has 0 N–H and O–H groups in total. The summed E-state index contributed by atoms with van der Waals surface area (Å²) in [7, 11) is 0. The van der Waals surface area contributed by atoms with Gasteiger partial charge in [0.15, 0.2) is 11.0 Å². The molecular weight excluding hydrogens is 487 g/mol. The van der Waals surface area contributed by atoms with Crippen molar-refractivity contribution in [3.8, 4) is 0 Å².